The van der Waals surface area contributed by atoms with E-state index >= 15 is 0 Å². The summed E-state index contributed by atoms with van der Waals surface area (Å²) in [5.41, 5.74) is 2.40. The first-order valence-electron chi connectivity index (χ1n) is 6.86. The Morgan fingerprint density at radius 1 is 1.29 bits per heavy atom. The minimum Gasteiger partial charge on any atom is -0.362 e. The molecular weight excluding hydrogens is 346 g/mol. The van der Waals surface area contributed by atoms with Gasteiger partial charge in [-0.3, -0.25) is 0 Å². The lowest BCUT2D eigenvalue weighted by molar-refractivity contribution is 0.777. The highest BCUT2D eigenvalue weighted by Crippen LogP contribution is 2.16. The van der Waals surface area contributed by atoms with Crippen LogP contribution >= 0.6 is 28.1 Å². The number of halogens is 1. The number of aromatic nitrogens is 1. The molecule has 1 aromatic carbocycles. The maximum Gasteiger partial charge on any atom is 0.171 e. The zero-order chi connectivity index (χ0) is 15.1. The van der Waals surface area contributed by atoms with E-state index in [2.05, 4.69) is 55.8 Å². The molecule has 0 spiro atoms. The minimum absolute atomic E-state index is 0.612. The first kappa shape index (κ1) is 15.9. The molecular formula is C16H18BrN3S. The van der Waals surface area contributed by atoms with Crippen LogP contribution in [0, 0.1) is 6.92 Å². The topological polar surface area (TPSA) is 37.0 Å². The summed E-state index contributed by atoms with van der Waals surface area (Å²) in [7, 11) is 0. The molecule has 0 aliphatic carbocycles. The molecule has 2 rings (SSSR count). The second-order valence-corrected chi connectivity index (χ2v) is 6.11. The normalized spacial score (nSPS) is 10.2. The van der Waals surface area contributed by atoms with E-state index in [-0.39, 0.29) is 0 Å². The van der Waals surface area contributed by atoms with Crippen molar-refractivity contribution in [2.75, 3.05) is 11.9 Å². The Hall–Kier alpha value is -1.46. The third kappa shape index (κ3) is 5.44. The Bertz CT molecular complexity index is 602. The maximum atomic E-state index is 5.28. The van der Waals surface area contributed by atoms with Crippen molar-refractivity contribution in [2.24, 2.45) is 0 Å². The first-order valence-corrected chi connectivity index (χ1v) is 8.06. The fourth-order valence-electron chi connectivity index (χ4n) is 1.96. The molecule has 2 N–H and O–H groups in total. The molecule has 0 aliphatic rings. The van der Waals surface area contributed by atoms with Crippen LogP contribution in [0.2, 0.25) is 0 Å². The Balaban J connectivity index is 1.72. The molecule has 1 aromatic heterocycles. The predicted octanol–water partition coefficient (Wildman–Crippen LogP) is 4.07. The van der Waals surface area contributed by atoms with Gasteiger partial charge in [-0.15, -0.1) is 0 Å². The minimum atomic E-state index is 0.612. The second kappa shape index (κ2) is 8.10. The molecule has 0 radical (unpaired) electrons. The van der Waals surface area contributed by atoms with Crippen molar-refractivity contribution >= 4 is 39.1 Å². The number of nitrogens with one attached hydrogen (secondary N) is 2. The summed E-state index contributed by atoms with van der Waals surface area (Å²) in [4.78, 5) is 4.31. The van der Waals surface area contributed by atoms with Crippen LogP contribution in [0.25, 0.3) is 0 Å². The van der Waals surface area contributed by atoms with E-state index in [1.165, 1.54) is 5.56 Å². The summed E-state index contributed by atoms with van der Waals surface area (Å²) >= 11 is 8.68. The van der Waals surface area contributed by atoms with Crippen molar-refractivity contribution in [1.82, 2.24) is 10.3 Å². The van der Waals surface area contributed by atoms with E-state index in [1.54, 1.807) is 6.20 Å². The maximum absolute atomic E-state index is 5.28. The number of aryl methyl sites for hydroxylation is 2. The monoisotopic (exact) mass is 363 g/mol. The van der Waals surface area contributed by atoms with Gasteiger partial charge < -0.3 is 10.6 Å². The van der Waals surface area contributed by atoms with E-state index in [0.29, 0.717) is 5.11 Å². The molecule has 110 valence electrons. The van der Waals surface area contributed by atoms with Gasteiger partial charge in [0, 0.05) is 17.2 Å². The molecule has 0 atom stereocenters. The van der Waals surface area contributed by atoms with Crippen LogP contribution < -0.4 is 10.6 Å². The molecule has 0 unspecified atom stereocenters. The lowest BCUT2D eigenvalue weighted by Crippen LogP contribution is -2.30. The Labute approximate surface area is 139 Å². The summed E-state index contributed by atoms with van der Waals surface area (Å²) in [6.45, 7) is 2.84. The van der Waals surface area contributed by atoms with Crippen molar-refractivity contribution in [2.45, 2.75) is 19.8 Å². The van der Waals surface area contributed by atoms with Crippen molar-refractivity contribution in [3.8, 4) is 0 Å². The zero-order valence-corrected chi connectivity index (χ0v) is 14.3. The van der Waals surface area contributed by atoms with Gasteiger partial charge in [-0.05, 0) is 65.1 Å². The molecule has 0 saturated carbocycles. The van der Waals surface area contributed by atoms with E-state index in [9.17, 15) is 0 Å². The van der Waals surface area contributed by atoms with Crippen LogP contribution in [0.4, 0.5) is 5.82 Å². The largest absolute Gasteiger partial charge is 0.362 e. The highest BCUT2D eigenvalue weighted by atomic mass is 79.9. The first-order chi connectivity index (χ1) is 10.1. The van der Waals surface area contributed by atoms with Crippen LogP contribution in [0.1, 0.15) is 17.5 Å². The number of pyridine rings is 1. The number of hydrogen-bond donors (Lipinski definition) is 2. The van der Waals surface area contributed by atoms with E-state index < -0.39 is 0 Å². The summed E-state index contributed by atoms with van der Waals surface area (Å²) in [6.07, 6.45) is 3.85. The molecule has 5 heteroatoms. The van der Waals surface area contributed by atoms with Crippen molar-refractivity contribution in [1.29, 1.82) is 0 Å². The van der Waals surface area contributed by atoms with Crippen LogP contribution in [0.3, 0.4) is 0 Å². The number of benzene rings is 1. The van der Waals surface area contributed by atoms with Gasteiger partial charge in [0.25, 0.3) is 0 Å². The lowest BCUT2D eigenvalue weighted by atomic mass is 10.1. The van der Waals surface area contributed by atoms with Gasteiger partial charge >= 0.3 is 0 Å². The Kier molecular flexibility index (Phi) is 6.14. The van der Waals surface area contributed by atoms with Gasteiger partial charge in [-0.25, -0.2) is 4.98 Å². The number of thiocarbonyl (C=S) groups is 1. The van der Waals surface area contributed by atoms with Crippen molar-refractivity contribution in [3.63, 3.8) is 0 Å². The quantitative estimate of drug-likeness (QED) is 0.620. The molecule has 21 heavy (non-hydrogen) atoms. The molecule has 0 amide bonds. The van der Waals surface area contributed by atoms with E-state index in [4.69, 9.17) is 12.2 Å². The SMILES string of the molecule is Cc1cc(Br)cnc1NC(=S)NCCCc1ccccc1. The third-order valence-electron chi connectivity index (χ3n) is 3.05. The average molecular weight is 364 g/mol. The average Bonchev–Trinajstić information content (AvgIpc) is 2.48. The smallest absolute Gasteiger partial charge is 0.171 e. The number of anilines is 1. The molecule has 1 heterocycles. The highest BCUT2D eigenvalue weighted by Gasteiger charge is 2.03. The zero-order valence-electron chi connectivity index (χ0n) is 11.9. The van der Waals surface area contributed by atoms with Crippen LogP contribution in [0.15, 0.2) is 47.1 Å². The van der Waals surface area contributed by atoms with Gasteiger partial charge in [-0.1, -0.05) is 30.3 Å². The number of hydrogen-bond acceptors (Lipinski definition) is 2. The third-order valence-corrected chi connectivity index (χ3v) is 3.73. The van der Waals surface area contributed by atoms with Crippen molar-refractivity contribution in [3.05, 3.63) is 58.2 Å². The van der Waals surface area contributed by atoms with Gasteiger partial charge in [0.05, 0.1) is 0 Å². The highest BCUT2D eigenvalue weighted by molar-refractivity contribution is 9.10. The molecule has 2 aromatic rings. The number of nitrogens with zero attached hydrogens (tertiary/aromatic N) is 1. The molecule has 0 aliphatic heterocycles. The van der Waals surface area contributed by atoms with Crippen LogP contribution in [-0.4, -0.2) is 16.6 Å². The lowest BCUT2D eigenvalue weighted by Gasteiger charge is -2.11. The summed E-state index contributed by atoms with van der Waals surface area (Å²) in [5, 5.41) is 6.95. The fourth-order valence-corrected chi connectivity index (χ4v) is 2.61. The second-order valence-electron chi connectivity index (χ2n) is 4.79. The number of rotatable bonds is 5. The van der Waals surface area contributed by atoms with Crippen molar-refractivity contribution < 1.29 is 0 Å². The standard InChI is InChI=1S/C16H18BrN3S/c1-12-10-14(17)11-19-15(12)20-16(21)18-9-5-8-13-6-3-2-4-7-13/h2-4,6-7,10-11H,5,8-9H2,1H3,(H2,18,19,20,21). The Morgan fingerprint density at radius 2 is 2.05 bits per heavy atom. The van der Waals surface area contributed by atoms with Gasteiger partial charge in [0.1, 0.15) is 5.82 Å². The fraction of sp³-hybridized carbons (Fsp3) is 0.250. The van der Waals surface area contributed by atoms with E-state index in [0.717, 1.165) is 35.2 Å². The molecule has 0 fully saturated rings. The van der Waals surface area contributed by atoms with Crippen LogP contribution in [-0.2, 0) is 6.42 Å². The van der Waals surface area contributed by atoms with Gasteiger partial charge in [-0.2, -0.15) is 0 Å². The summed E-state index contributed by atoms with van der Waals surface area (Å²) < 4.78 is 0.965. The van der Waals surface area contributed by atoms with Gasteiger partial charge in [0.15, 0.2) is 5.11 Å². The summed E-state index contributed by atoms with van der Waals surface area (Å²) in [5.74, 6) is 0.791. The summed E-state index contributed by atoms with van der Waals surface area (Å²) in [6, 6.07) is 12.5. The Morgan fingerprint density at radius 3 is 2.76 bits per heavy atom. The van der Waals surface area contributed by atoms with Gasteiger partial charge in [0.2, 0.25) is 0 Å². The predicted molar refractivity (Wildman–Crippen MR) is 95.7 cm³/mol. The molecule has 0 saturated heterocycles. The van der Waals surface area contributed by atoms with E-state index in [1.807, 2.05) is 19.1 Å². The molecule has 3 nitrogen and oxygen atoms in total. The molecule has 0 bridgehead atoms. The van der Waals surface area contributed by atoms with Crippen LogP contribution in [0.5, 0.6) is 0 Å².